The van der Waals surface area contributed by atoms with E-state index in [0.29, 0.717) is 18.7 Å². The van der Waals surface area contributed by atoms with Gasteiger partial charge in [-0.05, 0) is 24.3 Å². The van der Waals surface area contributed by atoms with Crippen molar-refractivity contribution in [2.24, 2.45) is 0 Å². The molecule has 1 fully saturated rings. The molecule has 0 aliphatic carbocycles. The Bertz CT molecular complexity index is 479. The lowest BCUT2D eigenvalue weighted by atomic mass is 10.1. The molecule has 0 unspecified atom stereocenters. The number of rotatable bonds is 2. The zero-order valence-corrected chi connectivity index (χ0v) is 10.5. The van der Waals surface area contributed by atoms with Crippen LogP contribution in [0.25, 0.3) is 0 Å². The number of nitrogens with one attached hydrogen (secondary N) is 1. The molecule has 1 aromatic rings. The highest BCUT2D eigenvalue weighted by atomic mass is 79.9. The quantitative estimate of drug-likeness (QED) is 0.512. The molecule has 1 aliphatic rings. The van der Waals surface area contributed by atoms with Crippen molar-refractivity contribution in [2.45, 2.75) is 0 Å². The average Bonchev–Trinajstić information content (AvgIpc) is 2.33. The van der Waals surface area contributed by atoms with Crippen LogP contribution < -0.4 is 5.32 Å². The van der Waals surface area contributed by atoms with Crippen molar-refractivity contribution < 1.29 is 14.3 Å². The molecule has 1 N–H and O–H groups in total. The monoisotopic (exact) mass is 295 g/mol. The number of morpholine rings is 1. The number of ether oxygens (including phenoxy) is 1. The van der Waals surface area contributed by atoms with Crippen molar-refractivity contribution in [3.63, 3.8) is 0 Å². The first-order valence-corrected chi connectivity index (χ1v) is 5.89. The minimum Gasteiger partial charge on any atom is -0.459 e. The first-order chi connectivity index (χ1) is 8.16. The number of hydrogen-bond donors (Lipinski definition) is 1. The molecule has 1 aliphatic heterocycles. The molecule has 0 atom stereocenters. The van der Waals surface area contributed by atoms with E-state index >= 15 is 0 Å². The zero-order chi connectivity index (χ0) is 12.3. The minimum atomic E-state index is -0.485. The molecule has 2 rings (SSSR count). The SMILES string of the molecule is O=C1OCCN/C1=C\C(=O)c1ccc(Br)cc1. The summed E-state index contributed by atoms with van der Waals surface area (Å²) in [5, 5.41) is 2.84. The second kappa shape index (κ2) is 5.14. The standard InChI is InChI=1S/C12H10BrNO3/c13-9-3-1-8(2-4-9)11(15)7-10-12(16)17-6-5-14-10/h1-4,7,14H,5-6H2/b10-7-. The van der Waals surface area contributed by atoms with Crippen LogP contribution in [0.1, 0.15) is 10.4 Å². The Kier molecular flexibility index (Phi) is 3.58. The first-order valence-electron chi connectivity index (χ1n) is 5.09. The van der Waals surface area contributed by atoms with E-state index in [4.69, 9.17) is 4.74 Å². The Balaban J connectivity index is 2.17. The fourth-order valence-corrected chi connectivity index (χ4v) is 1.68. The van der Waals surface area contributed by atoms with Crippen LogP contribution in [-0.4, -0.2) is 24.9 Å². The summed E-state index contributed by atoms with van der Waals surface area (Å²) in [4.78, 5) is 23.1. The van der Waals surface area contributed by atoms with Gasteiger partial charge >= 0.3 is 5.97 Å². The number of halogens is 1. The van der Waals surface area contributed by atoms with E-state index in [1.165, 1.54) is 6.08 Å². The highest BCUT2D eigenvalue weighted by molar-refractivity contribution is 9.10. The molecule has 0 saturated carbocycles. The minimum absolute atomic E-state index is 0.212. The van der Waals surface area contributed by atoms with Gasteiger partial charge in [-0.15, -0.1) is 0 Å². The van der Waals surface area contributed by atoms with Gasteiger partial charge in [0, 0.05) is 22.7 Å². The third kappa shape index (κ3) is 2.94. The lowest BCUT2D eigenvalue weighted by Crippen LogP contribution is -2.33. The molecule has 4 nitrogen and oxygen atoms in total. The molecular weight excluding hydrogens is 286 g/mol. The Hall–Kier alpha value is -1.62. The molecule has 0 spiro atoms. The number of cyclic esters (lactones) is 1. The van der Waals surface area contributed by atoms with Crippen molar-refractivity contribution in [2.75, 3.05) is 13.2 Å². The Morgan fingerprint density at radius 1 is 1.35 bits per heavy atom. The van der Waals surface area contributed by atoms with Crippen LogP contribution in [-0.2, 0) is 9.53 Å². The van der Waals surface area contributed by atoms with Crippen molar-refractivity contribution >= 4 is 27.7 Å². The molecule has 1 heterocycles. The molecule has 0 amide bonds. The van der Waals surface area contributed by atoms with Crippen molar-refractivity contribution in [3.8, 4) is 0 Å². The normalized spacial score (nSPS) is 17.5. The molecule has 0 bridgehead atoms. The second-order valence-electron chi connectivity index (χ2n) is 3.49. The maximum absolute atomic E-state index is 11.8. The lowest BCUT2D eigenvalue weighted by molar-refractivity contribution is -0.141. The van der Waals surface area contributed by atoms with Crippen LogP contribution in [0.2, 0.25) is 0 Å². The summed E-state index contributed by atoms with van der Waals surface area (Å²) in [6.45, 7) is 0.869. The van der Waals surface area contributed by atoms with Gasteiger partial charge in [0.15, 0.2) is 5.78 Å². The Morgan fingerprint density at radius 2 is 2.06 bits per heavy atom. The van der Waals surface area contributed by atoms with Crippen LogP contribution in [0.15, 0.2) is 40.5 Å². The summed E-state index contributed by atoms with van der Waals surface area (Å²) in [5.41, 5.74) is 0.741. The van der Waals surface area contributed by atoms with Crippen molar-refractivity contribution in [3.05, 3.63) is 46.1 Å². The first kappa shape index (κ1) is 11.9. The summed E-state index contributed by atoms with van der Waals surface area (Å²) in [5.74, 6) is -0.708. The van der Waals surface area contributed by atoms with Gasteiger partial charge in [-0.2, -0.15) is 0 Å². The average molecular weight is 296 g/mol. The topological polar surface area (TPSA) is 55.4 Å². The van der Waals surface area contributed by atoms with Gasteiger partial charge < -0.3 is 10.1 Å². The smallest absolute Gasteiger partial charge is 0.354 e. The van der Waals surface area contributed by atoms with Gasteiger partial charge in [-0.3, -0.25) is 4.79 Å². The summed E-state index contributed by atoms with van der Waals surface area (Å²) >= 11 is 3.29. The van der Waals surface area contributed by atoms with Crippen LogP contribution in [0.4, 0.5) is 0 Å². The maximum Gasteiger partial charge on any atom is 0.354 e. The molecule has 17 heavy (non-hydrogen) atoms. The highest BCUT2D eigenvalue weighted by Gasteiger charge is 2.17. The van der Waals surface area contributed by atoms with Crippen molar-refractivity contribution in [1.82, 2.24) is 5.32 Å². The number of carbonyl (C=O) groups is 2. The third-order valence-corrected chi connectivity index (χ3v) is 2.80. The number of allylic oxidation sites excluding steroid dienone is 1. The number of hydrogen-bond acceptors (Lipinski definition) is 4. The predicted octanol–water partition coefficient (Wildman–Crippen LogP) is 1.66. The summed E-state index contributed by atoms with van der Waals surface area (Å²) < 4.78 is 5.72. The number of carbonyl (C=O) groups excluding carboxylic acids is 2. The molecule has 0 aromatic heterocycles. The summed E-state index contributed by atoms with van der Waals surface area (Å²) in [6, 6.07) is 6.94. The van der Waals surface area contributed by atoms with E-state index in [-0.39, 0.29) is 11.5 Å². The van der Waals surface area contributed by atoms with Crippen LogP contribution in [0, 0.1) is 0 Å². The fourth-order valence-electron chi connectivity index (χ4n) is 1.42. The molecule has 0 radical (unpaired) electrons. The lowest BCUT2D eigenvalue weighted by Gasteiger charge is -2.15. The largest absolute Gasteiger partial charge is 0.459 e. The molecule has 1 saturated heterocycles. The number of esters is 1. The third-order valence-electron chi connectivity index (χ3n) is 2.27. The molecule has 1 aromatic carbocycles. The summed E-state index contributed by atoms with van der Waals surface area (Å²) in [7, 11) is 0. The van der Waals surface area contributed by atoms with Crippen molar-refractivity contribution in [1.29, 1.82) is 0 Å². The van der Waals surface area contributed by atoms with Gasteiger partial charge in [0.1, 0.15) is 12.3 Å². The molecule has 88 valence electrons. The summed E-state index contributed by atoms with van der Waals surface area (Å²) in [6.07, 6.45) is 1.27. The van der Waals surface area contributed by atoms with Gasteiger partial charge in [0.2, 0.25) is 0 Å². The molecule has 5 heteroatoms. The number of ketones is 1. The van der Waals surface area contributed by atoms with Gasteiger partial charge in [0.05, 0.1) is 0 Å². The van der Waals surface area contributed by atoms with Gasteiger partial charge in [0.25, 0.3) is 0 Å². The van der Waals surface area contributed by atoms with E-state index < -0.39 is 5.97 Å². The van der Waals surface area contributed by atoms with Gasteiger partial charge in [-0.25, -0.2) is 4.79 Å². The maximum atomic E-state index is 11.8. The van der Waals surface area contributed by atoms with Crippen LogP contribution in [0.3, 0.4) is 0 Å². The second-order valence-corrected chi connectivity index (χ2v) is 4.41. The fraction of sp³-hybridized carbons (Fsp3) is 0.167. The highest BCUT2D eigenvalue weighted by Crippen LogP contribution is 2.12. The number of benzene rings is 1. The van der Waals surface area contributed by atoms with E-state index in [9.17, 15) is 9.59 Å². The van der Waals surface area contributed by atoms with Crippen LogP contribution >= 0.6 is 15.9 Å². The van der Waals surface area contributed by atoms with Gasteiger partial charge in [-0.1, -0.05) is 15.9 Å². The predicted molar refractivity (Wildman–Crippen MR) is 65.5 cm³/mol. The zero-order valence-electron chi connectivity index (χ0n) is 8.90. The Morgan fingerprint density at radius 3 is 2.71 bits per heavy atom. The van der Waals surface area contributed by atoms with Crippen LogP contribution in [0.5, 0.6) is 0 Å². The molecular formula is C12H10BrNO3. The van der Waals surface area contributed by atoms with E-state index in [0.717, 1.165) is 4.47 Å². The van der Waals surface area contributed by atoms with E-state index in [1.807, 2.05) is 0 Å². The van der Waals surface area contributed by atoms with E-state index in [1.54, 1.807) is 24.3 Å². The van der Waals surface area contributed by atoms with E-state index in [2.05, 4.69) is 21.2 Å². The Labute approximate surface area is 107 Å².